The van der Waals surface area contributed by atoms with Crippen molar-refractivity contribution in [3.63, 3.8) is 0 Å². The quantitative estimate of drug-likeness (QED) is 0.367. The monoisotopic (exact) mass is 450 g/mol. The molecule has 0 saturated carbocycles. The second kappa shape index (κ2) is 8.01. The summed E-state index contributed by atoms with van der Waals surface area (Å²) in [5.41, 5.74) is 3.34. The van der Waals surface area contributed by atoms with E-state index in [2.05, 4.69) is 25.4 Å². The van der Waals surface area contributed by atoms with Gasteiger partial charge in [-0.25, -0.2) is 14.1 Å². The summed E-state index contributed by atoms with van der Waals surface area (Å²) in [4.78, 5) is 8.96. The van der Waals surface area contributed by atoms with Crippen molar-refractivity contribution in [2.45, 2.75) is 20.4 Å². The molecule has 0 aliphatic carbocycles. The van der Waals surface area contributed by atoms with Crippen LogP contribution in [0.4, 0.5) is 4.39 Å². The average Bonchev–Trinajstić information content (AvgIpc) is 3.49. The SMILES string of the molecule is Cc1oc(-c2cccc(Cl)c2)nc1Cn1nnc(-c2nc(-c3ccc(F)cc3)no2)c1C. The van der Waals surface area contributed by atoms with Gasteiger partial charge in [0.05, 0.1) is 12.2 Å². The lowest BCUT2D eigenvalue weighted by Gasteiger charge is -2.00. The molecule has 0 atom stereocenters. The third-order valence-electron chi connectivity index (χ3n) is 4.98. The first kappa shape index (κ1) is 20.1. The van der Waals surface area contributed by atoms with Crippen LogP contribution in [0, 0.1) is 19.7 Å². The fourth-order valence-electron chi connectivity index (χ4n) is 3.21. The van der Waals surface area contributed by atoms with Crippen molar-refractivity contribution in [2.24, 2.45) is 0 Å². The zero-order valence-corrected chi connectivity index (χ0v) is 17.8. The molecule has 32 heavy (non-hydrogen) atoms. The van der Waals surface area contributed by atoms with Crippen molar-refractivity contribution in [3.05, 3.63) is 76.5 Å². The highest BCUT2D eigenvalue weighted by Gasteiger charge is 2.20. The molecule has 0 aliphatic heterocycles. The summed E-state index contributed by atoms with van der Waals surface area (Å²) in [5, 5.41) is 13.0. The van der Waals surface area contributed by atoms with Crippen molar-refractivity contribution < 1.29 is 13.3 Å². The second-order valence-electron chi connectivity index (χ2n) is 7.14. The number of aryl methyl sites for hydroxylation is 1. The van der Waals surface area contributed by atoms with Gasteiger partial charge in [-0.05, 0) is 56.3 Å². The highest BCUT2D eigenvalue weighted by Crippen LogP contribution is 2.26. The summed E-state index contributed by atoms with van der Waals surface area (Å²) in [6.45, 7) is 4.05. The van der Waals surface area contributed by atoms with Gasteiger partial charge in [0.1, 0.15) is 17.3 Å². The molecule has 160 valence electrons. The minimum atomic E-state index is -0.335. The highest BCUT2D eigenvalue weighted by atomic mass is 35.5. The van der Waals surface area contributed by atoms with E-state index in [0.29, 0.717) is 40.3 Å². The van der Waals surface area contributed by atoms with Crippen LogP contribution in [0.2, 0.25) is 5.02 Å². The van der Waals surface area contributed by atoms with Gasteiger partial charge in [0, 0.05) is 16.1 Å². The number of oxazole rings is 1. The van der Waals surface area contributed by atoms with E-state index in [0.717, 1.165) is 17.0 Å². The Bertz CT molecular complexity index is 1410. The van der Waals surface area contributed by atoms with Crippen molar-refractivity contribution in [3.8, 4) is 34.4 Å². The van der Waals surface area contributed by atoms with E-state index in [-0.39, 0.29) is 11.7 Å². The molecule has 2 aromatic carbocycles. The van der Waals surface area contributed by atoms with Crippen LogP contribution in [0.5, 0.6) is 0 Å². The molecule has 0 fully saturated rings. The summed E-state index contributed by atoms with van der Waals surface area (Å²) in [5.74, 6) is 1.39. The van der Waals surface area contributed by atoms with E-state index in [9.17, 15) is 4.39 Å². The molecule has 0 aliphatic rings. The third-order valence-corrected chi connectivity index (χ3v) is 5.21. The Morgan fingerprint density at radius 1 is 1.00 bits per heavy atom. The van der Waals surface area contributed by atoms with Crippen molar-refractivity contribution in [1.29, 1.82) is 0 Å². The van der Waals surface area contributed by atoms with E-state index in [1.54, 1.807) is 28.9 Å². The predicted octanol–water partition coefficient (Wildman–Crippen LogP) is 5.11. The molecule has 0 unspecified atom stereocenters. The molecule has 0 radical (unpaired) electrons. The van der Waals surface area contributed by atoms with Gasteiger partial charge in [-0.3, -0.25) is 0 Å². The Kier molecular flexibility index (Phi) is 5.02. The molecular weight excluding hydrogens is 435 g/mol. The molecule has 0 spiro atoms. The standard InChI is InChI=1S/C22H16ClFN6O2/c1-12-19(22-26-20(28-32-22)14-6-8-17(24)9-7-14)27-29-30(12)11-18-13(2)31-21(25-18)15-4-3-5-16(23)10-15/h3-10H,11H2,1-2H3. The van der Waals surface area contributed by atoms with Crippen LogP contribution in [-0.2, 0) is 6.54 Å². The van der Waals surface area contributed by atoms with Crippen LogP contribution >= 0.6 is 11.6 Å². The fourth-order valence-corrected chi connectivity index (χ4v) is 3.40. The van der Waals surface area contributed by atoms with E-state index in [1.807, 2.05) is 26.0 Å². The molecule has 5 aromatic rings. The molecule has 10 heteroatoms. The molecule has 0 saturated heterocycles. The third kappa shape index (κ3) is 3.78. The van der Waals surface area contributed by atoms with Gasteiger partial charge < -0.3 is 8.94 Å². The first-order chi connectivity index (χ1) is 15.5. The Labute approximate surface area is 186 Å². The van der Waals surface area contributed by atoms with Crippen molar-refractivity contribution in [2.75, 3.05) is 0 Å². The van der Waals surface area contributed by atoms with Crippen LogP contribution in [0.15, 0.2) is 57.5 Å². The Hall–Kier alpha value is -3.85. The molecule has 0 N–H and O–H groups in total. The molecule has 3 heterocycles. The number of nitrogens with zero attached hydrogens (tertiary/aromatic N) is 6. The molecular formula is C22H16ClFN6O2. The van der Waals surface area contributed by atoms with Gasteiger partial charge in [-0.1, -0.05) is 28.0 Å². The number of hydrogen-bond acceptors (Lipinski definition) is 7. The zero-order chi connectivity index (χ0) is 22.2. The lowest BCUT2D eigenvalue weighted by Crippen LogP contribution is -2.05. The molecule has 0 bridgehead atoms. The first-order valence-corrected chi connectivity index (χ1v) is 10.1. The van der Waals surface area contributed by atoms with Crippen LogP contribution in [-0.4, -0.2) is 30.1 Å². The maximum Gasteiger partial charge on any atom is 0.280 e. The van der Waals surface area contributed by atoms with Gasteiger partial charge >= 0.3 is 0 Å². The van der Waals surface area contributed by atoms with E-state index in [4.69, 9.17) is 20.5 Å². The Morgan fingerprint density at radius 3 is 2.59 bits per heavy atom. The maximum absolute atomic E-state index is 13.1. The Balaban J connectivity index is 1.40. The largest absolute Gasteiger partial charge is 0.441 e. The van der Waals surface area contributed by atoms with E-state index < -0.39 is 0 Å². The normalized spacial score (nSPS) is 11.2. The number of rotatable bonds is 5. The number of hydrogen-bond donors (Lipinski definition) is 0. The van der Waals surface area contributed by atoms with Crippen molar-refractivity contribution >= 4 is 11.6 Å². The topological polar surface area (TPSA) is 95.7 Å². The maximum atomic E-state index is 13.1. The predicted molar refractivity (Wildman–Crippen MR) is 114 cm³/mol. The molecule has 8 nitrogen and oxygen atoms in total. The van der Waals surface area contributed by atoms with Gasteiger partial charge in [0.25, 0.3) is 5.89 Å². The van der Waals surface area contributed by atoms with Gasteiger partial charge in [-0.15, -0.1) is 5.10 Å². The molecule has 5 rings (SSSR count). The summed E-state index contributed by atoms with van der Waals surface area (Å²) < 4.78 is 26.0. The number of halogens is 2. The summed E-state index contributed by atoms with van der Waals surface area (Å²) in [6, 6.07) is 13.2. The van der Waals surface area contributed by atoms with Crippen LogP contribution in [0.3, 0.4) is 0 Å². The first-order valence-electron chi connectivity index (χ1n) is 9.70. The minimum Gasteiger partial charge on any atom is -0.441 e. The van der Waals surface area contributed by atoms with Gasteiger partial charge in [0.15, 0.2) is 5.69 Å². The molecule has 3 aromatic heterocycles. The summed E-state index contributed by atoms with van der Waals surface area (Å²) in [7, 11) is 0. The Morgan fingerprint density at radius 2 is 1.81 bits per heavy atom. The highest BCUT2D eigenvalue weighted by molar-refractivity contribution is 6.30. The average molecular weight is 451 g/mol. The summed E-state index contributed by atoms with van der Waals surface area (Å²) >= 11 is 6.07. The van der Waals surface area contributed by atoms with Gasteiger partial charge in [-0.2, -0.15) is 4.98 Å². The zero-order valence-electron chi connectivity index (χ0n) is 17.1. The van der Waals surface area contributed by atoms with Crippen LogP contribution in [0.1, 0.15) is 17.1 Å². The number of aromatic nitrogens is 6. The summed E-state index contributed by atoms with van der Waals surface area (Å²) in [6.07, 6.45) is 0. The second-order valence-corrected chi connectivity index (χ2v) is 7.58. The number of benzene rings is 2. The smallest absolute Gasteiger partial charge is 0.280 e. The van der Waals surface area contributed by atoms with Crippen LogP contribution in [0.25, 0.3) is 34.4 Å². The lowest BCUT2D eigenvalue weighted by molar-refractivity contribution is 0.430. The van der Waals surface area contributed by atoms with Crippen molar-refractivity contribution in [1.82, 2.24) is 30.1 Å². The fraction of sp³-hybridized carbons (Fsp3) is 0.136. The van der Waals surface area contributed by atoms with E-state index >= 15 is 0 Å². The lowest BCUT2D eigenvalue weighted by atomic mass is 10.2. The van der Waals surface area contributed by atoms with E-state index in [1.165, 1.54) is 12.1 Å². The van der Waals surface area contributed by atoms with Gasteiger partial charge in [0.2, 0.25) is 11.7 Å². The molecule has 0 amide bonds. The van der Waals surface area contributed by atoms with Crippen LogP contribution < -0.4 is 0 Å². The minimum absolute atomic E-state index is 0.226.